The molecule has 16 heavy (non-hydrogen) atoms. The summed E-state index contributed by atoms with van der Waals surface area (Å²) in [6, 6.07) is 5.83. The molecule has 0 radical (unpaired) electrons. The summed E-state index contributed by atoms with van der Waals surface area (Å²) in [7, 11) is -4.78. The second-order valence-corrected chi connectivity index (χ2v) is 4.79. The minimum absolute atomic E-state index is 0.249. The Balaban J connectivity index is 2.95. The summed E-state index contributed by atoms with van der Waals surface area (Å²) in [6.45, 7) is 0. The predicted octanol–water partition coefficient (Wildman–Crippen LogP) is -0.268. The first-order valence-electron chi connectivity index (χ1n) is 4.14. The summed E-state index contributed by atoms with van der Waals surface area (Å²) < 4.78 is 24.1. The second-order valence-electron chi connectivity index (χ2n) is 3.04. The van der Waals surface area contributed by atoms with Gasteiger partial charge in [-0.15, -0.1) is 0 Å². The standard InChI is InChI=1S/C7H10BNO6S/c1-16(12,13)9-7-4-2-3-6(5-7)8(14-10)15-11/h2-5,9-11H,1H3. The fourth-order valence-corrected chi connectivity index (χ4v) is 1.66. The molecule has 0 aromatic heterocycles. The van der Waals surface area contributed by atoms with Crippen LogP contribution in [0.25, 0.3) is 0 Å². The number of hydrogen-bond donors (Lipinski definition) is 3. The van der Waals surface area contributed by atoms with Crippen LogP contribution in [0.1, 0.15) is 0 Å². The largest absolute Gasteiger partial charge is 0.554 e. The van der Waals surface area contributed by atoms with Crippen molar-refractivity contribution < 1.29 is 28.5 Å². The first-order valence-corrected chi connectivity index (χ1v) is 6.03. The lowest BCUT2D eigenvalue weighted by molar-refractivity contribution is -0.221. The molecule has 1 aromatic rings. The van der Waals surface area contributed by atoms with Gasteiger partial charge in [0.15, 0.2) is 0 Å². The van der Waals surface area contributed by atoms with E-state index in [2.05, 4.69) is 14.3 Å². The Morgan fingerprint density at radius 2 is 1.94 bits per heavy atom. The minimum Gasteiger partial charge on any atom is -0.284 e. The Hall–Kier alpha value is -1.13. The summed E-state index contributed by atoms with van der Waals surface area (Å²) in [5, 5.41) is 16.8. The van der Waals surface area contributed by atoms with Crippen molar-refractivity contribution in [2.24, 2.45) is 0 Å². The van der Waals surface area contributed by atoms with E-state index in [1.807, 2.05) is 0 Å². The first kappa shape index (κ1) is 12.9. The molecule has 0 saturated carbocycles. The van der Waals surface area contributed by atoms with Gasteiger partial charge >= 0.3 is 7.12 Å². The van der Waals surface area contributed by atoms with Gasteiger partial charge in [0.25, 0.3) is 0 Å². The van der Waals surface area contributed by atoms with Crippen LogP contribution in [0.3, 0.4) is 0 Å². The highest BCUT2D eigenvalue weighted by Gasteiger charge is 2.22. The lowest BCUT2D eigenvalue weighted by Crippen LogP contribution is -2.35. The molecule has 0 amide bonds. The van der Waals surface area contributed by atoms with Gasteiger partial charge in [0, 0.05) is 5.69 Å². The molecule has 0 aliphatic rings. The quantitative estimate of drug-likeness (QED) is 0.376. The molecule has 1 rings (SSSR count). The van der Waals surface area contributed by atoms with Crippen LogP contribution in [0, 0.1) is 0 Å². The van der Waals surface area contributed by atoms with Crippen molar-refractivity contribution in [3.05, 3.63) is 24.3 Å². The fraction of sp³-hybridized carbons (Fsp3) is 0.143. The molecule has 0 aliphatic carbocycles. The third-order valence-electron chi connectivity index (χ3n) is 1.65. The van der Waals surface area contributed by atoms with Gasteiger partial charge < -0.3 is 0 Å². The van der Waals surface area contributed by atoms with Crippen molar-refractivity contribution >= 4 is 28.3 Å². The molecule has 0 fully saturated rings. The maximum Gasteiger partial charge on any atom is 0.554 e. The SMILES string of the molecule is CS(=O)(=O)Nc1cccc(B(OO)OO)c1. The van der Waals surface area contributed by atoms with E-state index in [1.165, 1.54) is 24.3 Å². The molecule has 0 aliphatic heterocycles. The van der Waals surface area contributed by atoms with Crippen LogP contribution in [0.4, 0.5) is 5.69 Å². The number of sulfonamides is 1. The molecular formula is C7H10BNO6S. The summed E-state index contributed by atoms with van der Waals surface area (Å²) in [5.41, 5.74) is 0.512. The molecule has 3 N–H and O–H groups in total. The summed E-state index contributed by atoms with van der Waals surface area (Å²) in [5.74, 6) is 0. The highest BCUT2D eigenvalue weighted by molar-refractivity contribution is 7.92. The van der Waals surface area contributed by atoms with Crippen molar-refractivity contribution in [1.29, 1.82) is 0 Å². The van der Waals surface area contributed by atoms with Gasteiger partial charge in [-0.3, -0.25) is 24.8 Å². The Labute approximate surface area is 92.7 Å². The van der Waals surface area contributed by atoms with Crippen LogP contribution in [-0.4, -0.2) is 32.3 Å². The molecule has 7 nitrogen and oxygen atoms in total. The van der Waals surface area contributed by atoms with Crippen LogP contribution in [0.5, 0.6) is 0 Å². The van der Waals surface area contributed by atoms with Crippen molar-refractivity contribution in [2.75, 3.05) is 11.0 Å². The smallest absolute Gasteiger partial charge is 0.284 e. The number of hydrogen-bond acceptors (Lipinski definition) is 6. The van der Waals surface area contributed by atoms with E-state index >= 15 is 0 Å². The van der Waals surface area contributed by atoms with Crippen LogP contribution in [0.2, 0.25) is 0 Å². The maximum absolute atomic E-state index is 10.9. The molecule has 0 saturated heterocycles. The van der Waals surface area contributed by atoms with E-state index in [-0.39, 0.29) is 11.2 Å². The predicted molar refractivity (Wildman–Crippen MR) is 57.7 cm³/mol. The van der Waals surface area contributed by atoms with Crippen molar-refractivity contribution in [3.8, 4) is 0 Å². The van der Waals surface area contributed by atoms with Gasteiger partial charge in [-0.05, 0) is 17.6 Å². The minimum atomic E-state index is -3.39. The van der Waals surface area contributed by atoms with Crippen LogP contribution < -0.4 is 10.2 Å². The second kappa shape index (κ2) is 5.28. The summed E-state index contributed by atoms with van der Waals surface area (Å²) in [4.78, 5) is 7.64. The monoisotopic (exact) mass is 247 g/mol. The molecule has 0 atom stereocenters. The molecular weight excluding hydrogens is 237 g/mol. The zero-order valence-electron chi connectivity index (χ0n) is 8.32. The van der Waals surface area contributed by atoms with E-state index in [0.29, 0.717) is 0 Å². The van der Waals surface area contributed by atoms with Gasteiger partial charge in [0.2, 0.25) is 10.0 Å². The van der Waals surface area contributed by atoms with Crippen molar-refractivity contribution in [1.82, 2.24) is 0 Å². The van der Waals surface area contributed by atoms with E-state index < -0.39 is 17.1 Å². The van der Waals surface area contributed by atoms with E-state index in [1.54, 1.807) is 0 Å². The average molecular weight is 247 g/mol. The summed E-state index contributed by atoms with van der Waals surface area (Å²) in [6.07, 6.45) is 1.00. The number of rotatable bonds is 5. The van der Waals surface area contributed by atoms with Gasteiger partial charge in [-0.2, -0.15) is 0 Å². The maximum atomic E-state index is 10.9. The van der Waals surface area contributed by atoms with Gasteiger partial charge in [0.1, 0.15) is 0 Å². The number of benzene rings is 1. The Morgan fingerprint density at radius 1 is 1.31 bits per heavy atom. The fourth-order valence-electron chi connectivity index (χ4n) is 1.10. The molecule has 0 heterocycles. The highest BCUT2D eigenvalue weighted by Crippen LogP contribution is 2.06. The molecule has 88 valence electrons. The number of nitrogens with one attached hydrogen (secondary N) is 1. The van der Waals surface area contributed by atoms with E-state index in [0.717, 1.165) is 6.26 Å². The molecule has 0 bridgehead atoms. The Morgan fingerprint density at radius 3 is 2.44 bits per heavy atom. The lowest BCUT2D eigenvalue weighted by Gasteiger charge is -2.08. The van der Waals surface area contributed by atoms with E-state index in [9.17, 15) is 8.42 Å². The normalized spacial score (nSPS) is 11.2. The third-order valence-corrected chi connectivity index (χ3v) is 2.26. The first-order chi connectivity index (χ1) is 7.46. The van der Waals surface area contributed by atoms with Gasteiger partial charge in [0.05, 0.1) is 6.26 Å². The molecule has 0 unspecified atom stereocenters. The third kappa shape index (κ3) is 3.79. The lowest BCUT2D eigenvalue weighted by atomic mass is 9.80. The van der Waals surface area contributed by atoms with Crippen LogP contribution >= 0.6 is 0 Å². The average Bonchev–Trinajstić information content (AvgIpc) is 2.17. The van der Waals surface area contributed by atoms with Crippen LogP contribution in [-0.2, 0) is 19.6 Å². The zero-order valence-corrected chi connectivity index (χ0v) is 9.14. The van der Waals surface area contributed by atoms with E-state index in [4.69, 9.17) is 10.5 Å². The van der Waals surface area contributed by atoms with Crippen molar-refractivity contribution in [2.45, 2.75) is 0 Å². The summed E-state index contributed by atoms with van der Waals surface area (Å²) >= 11 is 0. The molecule has 0 spiro atoms. The highest BCUT2D eigenvalue weighted by atomic mass is 32.2. The number of anilines is 1. The van der Waals surface area contributed by atoms with Crippen LogP contribution in [0.15, 0.2) is 24.3 Å². The Bertz CT molecular complexity index is 446. The topological polar surface area (TPSA) is 105 Å². The zero-order chi connectivity index (χ0) is 12.2. The molecule has 9 heteroatoms. The Kier molecular flexibility index (Phi) is 4.27. The van der Waals surface area contributed by atoms with Crippen molar-refractivity contribution in [3.63, 3.8) is 0 Å². The van der Waals surface area contributed by atoms with Gasteiger partial charge in [-0.25, -0.2) is 8.42 Å². The van der Waals surface area contributed by atoms with Gasteiger partial charge in [-0.1, -0.05) is 12.1 Å². The molecule has 1 aromatic carbocycles.